The number of rotatable bonds is 1. The molecule has 1 aliphatic carbocycles. The van der Waals surface area contributed by atoms with E-state index in [1.807, 2.05) is 0 Å². The monoisotopic (exact) mass is 118 g/mol. The lowest BCUT2D eigenvalue weighted by molar-refractivity contribution is 0.684. The Kier molecular flexibility index (Phi) is 0.516. The second-order valence-electron chi connectivity index (χ2n) is 1.54. The van der Waals surface area contributed by atoms with E-state index in [1.165, 1.54) is 0 Å². The Hall–Kier alpha value is -0.260. The topological polar surface area (TPSA) is 0 Å². The fraction of sp³-hybridized carbons (Fsp3) is 0.750. The molecule has 0 nitrogen and oxygen atoms in total. The maximum atomic E-state index is 7.64. The van der Waals surface area contributed by atoms with Gasteiger partial charge in [-0.05, 0) is 31.9 Å². The lowest BCUT2D eigenvalue weighted by Crippen LogP contribution is -1.88. The fourth-order valence-corrected chi connectivity index (χ4v) is 0.497. The molecular weight excluding hydrogens is 96.1 g/mol. The summed E-state index contributed by atoms with van der Waals surface area (Å²) < 4.78 is 60.4. The lowest BCUT2D eigenvalue weighted by atomic mass is 9.98. The van der Waals surface area contributed by atoms with Crippen LogP contribution in [0, 0.1) is 0 Å². The van der Waals surface area contributed by atoms with Crippen molar-refractivity contribution in [3.8, 4) is 0 Å². The summed E-state index contributed by atoms with van der Waals surface area (Å²) >= 11 is 0. The molecule has 0 heteroatoms. The van der Waals surface area contributed by atoms with Crippen LogP contribution in [0.15, 0.2) is 11.6 Å². The smallest absolute Gasteiger partial charge is 0.0312 e. The van der Waals surface area contributed by atoms with Crippen molar-refractivity contribution < 1.29 is 11.0 Å². The van der Waals surface area contributed by atoms with Gasteiger partial charge in [-0.15, -0.1) is 0 Å². The van der Waals surface area contributed by atoms with Crippen LogP contribution in [0.4, 0.5) is 0 Å². The molecule has 0 aromatic carbocycles. The van der Waals surface area contributed by atoms with Crippen molar-refractivity contribution >= 4 is 0 Å². The molecule has 0 aromatic heterocycles. The van der Waals surface area contributed by atoms with Crippen LogP contribution < -0.4 is 0 Å². The second kappa shape index (κ2) is 2.91. The van der Waals surface area contributed by atoms with E-state index in [4.69, 9.17) is 11.0 Å². The van der Waals surface area contributed by atoms with Gasteiger partial charge in [0.2, 0.25) is 0 Å². The Balaban J connectivity index is 3.50. The first-order valence-electron chi connectivity index (χ1n) is 6.64. The summed E-state index contributed by atoms with van der Waals surface area (Å²) in [5.41, 5.74) is -0.0300. The third-order valence-electron chi connectivity index (χ3n) is 0.985. The highest BCUT2D eigenvalue weighted by Crippen LogP contribution is 2.18. The number of allylic oxidation sites excluding steroid dienone is 2. The van der Waals surface area contributed by atoms with Gasteiger partial charge in [-0.25, -0.2) is 0 Å². The largest absolute Gasteiger partial charge is 0.0853 e. The van der Waals surface area contributed by atoms with Crippen LogP contribution in [0.1, 0.15) is 49.8 Å². The Morgan fingerprint density at radius 3 is 3.38 bits per heavy atom. The third kappa shape index (κ3) is 1.36. The lowest BCUT2D eigenvalue weighted by Gasteiger charge is -2.08. The summed E-state index contributed by atoms with van der Waals surface area (Å²) in [5.74, 6) is 0. The zero-order valence-electron chi connectivity index (χ0n) is 12.8. The zero-order valence-corrected chi connectivity index (χ0v) is 4.78. The highest BCUT2D eigenvalue weighted by Gasteiger charge is 1.98. The molecule has 0 radical (unpaired) electrons. The number of hydrogen-bond acceptors (Lipinski definition) is 0. The summed E-state index contributed by atoms with van der Waals surface area (Å²) in [6, 6.07) is 0. The van der Waals surface area contributed by atoms with E-state index in [0.717, 1.165) is 6.08 Å². The van der Waals surface area contributed by atoms with Gasteiger partial charge >= 0.3 is 0 Å². The van der Waals surface area contributed by atoms with E-state index < -0.39 is 25.5 Å². The van der Waals surface area contributed by atoms with Crippen LogP contribution >= 0.6 is 0 Å². The van der Waals surface area contributed by atoms with E-state index in [1.54, 1.807) is 6.92 Å². The summed E-state index contributed by atoms with van der Waals surface area (Å²) in [7, 11) is 0. The molecule has 0 spiro atoms. The van der Waals surface area contributed by atoms with E-state index in [2.05, 4.69) is 0 Å². The normalized spacial score (nSPS) is 60.4. The molecule has 0 saturated carbocycles. The van der Waals surface area contributed by atoms with Crippen molar-refractivity contribution in [2.75, 3.05) is 0 Å². The van der Waals surface area contributed by atoms with E-state index in [0.29, 0.717) is 0 Å². The predicted octanol–water partition coefficient (Wildman–Crippen LogP) is 2.90. The summed E-state index contributed by atoms with van der Waals surface area (Å²) in [6.07, 6.45) is -9.76. The summed E-state index contributed by atoms with van der Waals surface area (Å²) in [4.78, 5) is 0. The van der Waals surface area contributed by atoms with Crippen LogP contribution in [0.25, 0.3) is 0 Å². The predicted molar refractivity (Wildman–Crippen MR) is 36.8 cm³/mol. The molecule has 0 amide bonds. The average molecular weight is 118 g/mol. The first-order valence-corrected chi connectivity index (χ1v) is 2.64. The third-order valence-corrected chi connectivity index (χ3v) is 0.985. The standard InChI is InChI=1S/C8H14/c1-2-8-6-4-3-5-7-8/h6H,2-5,7H2,1H3/i3D2,4D2,5D2,7D2. The Labute approximate surface area is 62.8 Å². The Bertz CT molecular complexity index is 327. The SMILES string of the molecule is [2H]C1([2H])C=C(CC)C([2H])([2H])C([2H])([2H])C1([2H])[2H]. The zero-order chi connectivity index (χ0) is 13.0. The molecule has 0 saturated heterocycles. The maximum Gasteiger partial charge on any atom is 0.0312 e. The van der Waals surface area contributed by atoms with Crippen molar-refractivity contribution in [1.82, 2.24) is 0 Å². The van der Waals surface area contributed by atoms with Crippen molar-refractivity contribution in [2.24, 2.45) is 0 Å². The van der Waals surface area contributed by atoms with Crippen LogP contribution in [-0.2, 0) is 0 Å². The Morgan fingerprint density at radius 2 is 2.62 bits per heavy atom. The van der Waals surface area contributed by atoms with Gasteiger partial charge in [0.05, 0.1) is 0 Å². The highest BCUT2D eigenvalue weighted by atomic mass is 14.0. The van der Waals surface area contributed by atoms with Gasteiger partial charge < -0.3 is 0 Å². The molecule has 0 bridgehead atoms. The molecule has 0 unspecified atom stereocenters. The van der Waals surface area contributed by atoms with E-state index >= 15 is 0 Å². The van der Waals surface area contributed by atoms with Crippen molar-refractivity contribution in [3.05, 3.63) is 11.6 Å². The molecule has 0 aromatic rings. The molecule has 0 fully saturated rings. The molecule has 1 aliphatic rings. The summed E-state index contributed by atoms with van der Waals surface area (Å²) in [5, 5.41) is 0. The van der Waals surface area contributed by atoms with Crippen LogP contribution in [-0.4, -0.2) is 0 Å². The van der Waals surface area contributed by atoms with Gasteiger partial charge in [-0.3, -0.25) is 0 Å². The first kappa shape index (κ1) is 1.42. The molecule has 0 N–H and O–H groups in total. The van der Waals surface area contributed by atoms with Crippen molar-refractivity contribution in [1.29, 1.82) is 0 Å². The minimum atomic E-state index is -2.90. The maximum absolute atomic E-state index is 7.64. The van der Waals surface area contributed by atoms with Gasteiger partial charge in [-0.1, -0.05) is 18.6 Å². The van der Waals surface area contributed by atoms with Crippen LogP contribution in [0.2, 0.25) is 0 Å². The van der Waals surface area contributed by atoms with Gasteiger partial charge in [0.25, 0.3) is 0 Å². The molecule has 8 heavy (non-hydrogen) atoms. The van der Waals surface area contributed by atoms with Gasteiger partial charge in [0, 0.05) is 11.0 Å². The van der Waals surface area contributed by atoms with E-state index in [9.17, 15) is 0 Å². The first-order chi connectivity index (χ1) is 6.92. The minimum Gasteiger partial charge on any atom is -0.0853 e. The Morgan fingerprint density at radius 1 is 1.75 bits per heavy atom. The van der Waals surface area contributed by atoms with Gasteiger partial charge in [0.1, 0.15) is 0 Å². The number of hydrogen-bond donors (Lipinski definition) is 0. The average Bonchev–Trinajstić information content (AvgIpc) is 2.11. The molecule has 0 atom stereocenters. The summed E-state index contributed by atoms with van der Waals surface area (Å²) in [6.45, 7) is 1.59. The minimum absolute atomic E-state index is 0.0300. The molecule has 1 rings (SSSR count). The quantitative estimate of drug-likeness (QED) is 0.464. The van der Waals surface area contributed by atoms with Gasteiger partial charge in [0.15, 0.2) is 0 Å². The molecule has 0 aliphatic heterocycles. The van der Waals surface area contributed by atoms with Crippen molar-refractivity contribution in [3.63, 3.8) is 0 Å². The molecular formula is C8H14. The molecule has 0 heterocycles. The second-order valence-corrected chi connectivity index (χ2v) is 1.54. The van der Waals surface area contributed by atoms with Crippen molar-refractivity contribution in [2.45, 2.75) is 38.8 Å². The van der Waals surface area contributed by atoms with Crippen LogP contribution in [0.5, 0.6) is 0 Å². The van der Waals surface area contributed by atoms with E-state index in [-0.39, 0.29) is 12.0 Å². The van der Waals surface area contributed by atoms with Crippen LogP contribution in [0.3, 0.4) is 0 Å². The highest BCUT2D eigenvalue weighted by molar-refractivity contribution is 5.03. The molecule has 46 valence electrons. The van der Waals surface area contributed by atoms with Gasteiger partial charge in [-0.2, -0.15) is 0 Å². The fourth-order valence-electron chi connectivity index (χ4n) is 0.497.